The molecule has 0 amide bonds. The molecule has 19 heavy (non-hydrogen) atoms. The van der Waals surface area contributed by atoms with Crippen molar-refractivity contribution in [1.82, 2.24) is 4.90 Å². The molecule has 0 saturated heterocycles. The van der Waals surface area contributed by atoms with Crippen LogP contribution >= 0.6 is 0 Å². The van der Waals surface area contributed by atoms with E-state index < -0.39 is 0 Å². The van der Waals surface area contributed by atoms with Gasteiger partial charge in [0.05, 0.1) is 0 Å². The van der Waals surface area contributed by atoms with E-state index in [0.717, 1.165) is 17.5 Å². The van der Waals surface area contributed by atoms with Crippen LogP contribution in [-0.2, 0) is 0 Å². The first-order valence-corrected chi connectivity index (χ1v) is 7.04. The van der Waals surface area contributed by atoms with Gasteiger partial charge in [-0.15, -0.1) is 0 Å². The molecule has 0 radical (unpaired) electrons. The van der Waals surface area contributed by atoms with Crippen molar-refractivity contribution in [1.29, 1.82) is 0 Å². The molecule has 0 aromatic heterocycles. The molecule has 0 spiro atoms. The Balaban J connectivity index is 2.93. The lowest BCUT2D eigenvalue weighted by Crippen LogP contribution is -2.38. The van der Waals surface area contributed by atoms with Gasteiger partial charge in [-0.2, -0.15) is 0 Å². The topological polar surface area (TPSA) is 29.3 Å². The Kier molecular flexibility index (Phi) is 5.95. The molecule has 0 bridgehead atoms. The number of hydrogen-bond donors (Lipinski definition) is 1. The van der Waals surface area contributed by atoms with Gasteiger partial charge in [-0.05, 0) is 56.5 Å². The van der Waals surface area contributed by atoms with Gasteiger partial charge >= 0.3 is 0 Å². The number of likely N-dealkylation sites (N-methyl/N-ethyl adjacent to an activating group) is 1. The minimum atomic E-state index is -0.185. The zero-order chi connectivity index (χ0) is 14.6. The number of aryl methyl sites for hydroxylation is 1. The van der Waals surface area contributed by atoms with Gasteiger partial charge in [0.25, 0.3) is 0 Å². The van der Waals surface area contributed by atoms with Gasteiger partial charge in [0.2, 0.25) is 0 Å². The van der Waals surface area contributed by atoms with E-state index >= 15 is 0 Å². The molecule has 1 aromatic rings. The molecule has 0 fully saturated rings. The van der Waals surface area contributed by atoms with Crippen molar-refractivity contribution >= 4 is 0 Å². The van der Waals surface area contributed by atoms with Gasteiger partial charge in [-0.3, -0.25) is 4.90 Å². The second kappa shape index (κ2) is 7.01. The van der Waals surface area contributed by atoms with E-state index in [1.54, 1.807) is 6.07 Å². The molecule has 108 valence electrons. The quantitative estimate of drug-likeness (QED) is 0.854. The highest BCUT2D eigenvalue weighted by atomic mass is 19.1. The van der Waals surface area contributed by atoms with E-state index in [1.807, 2.05) is 13.0 Å². The molecule has 1 aromatic carbocycles. The maximum atomic E-state index is 13.2. The van der Waals surface area contributed by atoms with Crippen LogP contribution in [0.2, 0.25) is 0 Å². The molecule has 2 nitrogen and oxygen atoms in total. The van der Waals surface area contributed by atoms with Crippen molar-refractivity contribution < 1.29 is 4.39 Å². The molecule has 0 aliphatic heterocycles. The molecule has 1 rings (SSSR count). The number of benzene rings is 1. The van der Waals surface area contributed by atoms with E-state index in [4.69, 9.17) is 5.73 Å². The summed E-state index contributed by atoms with van der Waals surface area (Å²) in [6.45, 7) is 9.17. The van der Waals surface area contributed by atoms with Crippen LogP contribution in [0.25, 0.3) is 0 Å². The van der Waals surface area contributed by atoms with Crippen molar-refractivity contribution in [2.24, 2.45) is 11.7 Å². The maximum absolute atomic E-state index is 13.2. The molecule has 2 unspecified atom stereocenters. The van der Waals surface area contributed by atoms with Crippen LogP contribution in [0.5, 0.6) is 0 Å². The second-order valence-electron chi connectivity index (χ2n) is 5.90. The van der Waals surface area contributed by atoms with Crippen LogP contribution < -0.4 is 5.73 Å². The Labute approximate surface area is 116 Å². The van der Waals surface area contributed by atoms with Crippen LogP contribution in [0.4, 0.5) is 4.39 Å². The van der Waals surface area contributed by atoms with Crippen LogP contribution in [0, 0.1) is 18.7 Å². The monoisotopic (exact) mass is 266 g/mol. The summed E-state index contributed by atoms with van der Waals surface area (Å²) in [7, 11) is 2.10. The second-order valence-corrected chi connectivity index (χ2v) is 5.90. The van der Waals surface area contributed by atoms with Crippen LogP contribution in [-0.4, -0.2) is 24.5 Å². The molecule has 0 aliphatic rings. The molecular weight excluding hydrogens is 239 g/mol. The Morgan fingerprint density at radius 2 is 1.89 bits per heavy atom. The minimum absolute atomic E-state index is 0.148. The molecule has 2 N–H and O–H groups in total. The van der Waals surface area contributed by atoms with E-state index in [-0.39, 0.29) is 11.9 Å². The zero-order valence-electron chi connectivity index (χ0n) is 12.8. The minimum Gasteiger partial charge on any atom is -0.329 e. The fourth-order valence-corrected chi connectivity index (χ4v) is 2.68. The average Bonchev–Trinajstić information content (AvgIpc) is 2.31. The number of halogens is 1. The molecule has 0 heterocycles. The third kappa shape index (κ3) is 4.29. The van der Waals surface area contributed by atoms with Crippen molar-refractivity contribution in [3.8, 4) is 0 Å². The highest BCUT2D eigenvalue weighted by molar-refractivity contribution is 5.30. The number of rotatable bonds is 6. The van der Waals surface area contributed by atoms with Gasteiger partial charge in [-0.1, -0.05) is 19.9 Å². The summed E-state index contributed by atoms with van der Waals surface area (Å²) < 4.78 is 13.2. The predicted molar refractivity (Wildman–Crippen MR) is 79.6 cm³/mol. The number of nitrogens with two attached hydrogens (primary N) is 1. The normalized spacial score (nSPS) is 15.0. The molecule has 0 saturated carbocycles. The number of nitrogens with zero attached hydrogens (tertiary/aromatic N) is 1. The first-order chi connectivity index (χ1) is 8.86. The van der Waals surface area contributed by atoms with Crippen LogP contribution in [0.1, 0.15) is 44.4 Å². The third-order valence-electron chi connectivity index (χ3n) is 3.81. The molecule has 0 aliphatic carbocycles. The third-order valence-corrected chi connectivity index (χ3v) is 3.81. The summed E-state index contributed by atoms with van der Waals surface area (Å²) in [6.07, 6.45) is 1.13. The van der Waals surface area contributed by atoms with E-state index in [1.165, 1.54) is 6.07 Å². The summed E-state index contributed by atoms with van der Waals surface area (Å²) in [5.41, 5.74) is 8.04. The predicted octanol–water partition coefficient (Wildman–Crippen LogP) is 3.50. The van der Waals surface area contributed by atoms with Gasteiger partial charge < -0.3 is 5.73 Å². The van der Waals surface area contributed by atoms with Crippen molar-refractivity contribution in [3.05, 3.63) is 35.1 Å². The Hall–Kier alpha value is -0.930. The Bertz CT molecular complexity index is 404. The van der Waals surface area contributed by atoms with Crippen molar-refractivity contribution in [2.45, 2.75) is 46.2 Å². The molecule has 2 atom stereocenters. The smallest absolute Gasteiger partial charge is 0.123 e. The summed E-state index contributed by atoms with van der Waals surface area (Å²) in [4.78, 5) is 2.31. The Morgan fingerprint density at radius 1 is 1.26 bits per heavy atom. The average molecular weight is 266 g/mol. The van der Waals surface area contributed by atoms with E-state index in [9.17, 15) is 4.39 Å². The standard InChI is InChI=1S/C16H27FN2/c1-11(2)8-13(4)19(5)16(10-18)15-7-6-14(17)9-12(15)3/h6-7,9,11,13,16H,8,10,18H2,1-5H3. The van der Waals surface area contributed by atoms with Gasteiger partial charge in [0.15, 0.2) is 0 Å². The summed E-state index contributed by atoms with van der Waals surface area (Å²) in [5, 5.41) is 0. The first kappa shape index (κ1) is 16.1. The van der Waals surface area contributed by atoms with Gasteiger partial charge in [-0.25, -0.2) is 4.39 Å². The Morgan fingerprint density at radius 3 is 2.37 bits per heavy atom. The van der Waals surface area contributed by atoms with Gasteiger partial charge in [0, 0.05) is 18.6 Å². The lowest BCUT2D eigenvalue weighted by molar-refractivity contribution is 0.168. The van der Waals surface area contributed by atoms with E-state index in [2.05, 4.69) is 32.7 Å². The molecular formula is C16H27FN2. The fraction of sp³-hybridized carbons (Fsp3) is 0.625. The largest absolute Gasteiger partial charge is 0.329 e. The van der Waals surface area contributed by atoms with Crippen LogP contribution in [0.15, 0.2) is 18.2 Å². The van der Waals surface area contributed by atoms with Crippen molar-refractivity contribution in [3.63, 3.8) is 0 Å². The van der Waals surface area contributed by atoms with Gasteiger partial charge in [0.1, 0.15) is 5.82 Å². The lowest BCUT2D eigenvalue weighted by atomic mass is 9.97. The summed E-state index contributed by atoms with van der Waals surface area (Å²) in [6, 6.07) is 5.57. The highest BCUT2D eigenvalue weighted by Crippen LogP contribution is 2.26. The lowest BCUT2D eigenvalue weighted by Gasteiger charge is -2.34. The van der Waals surface area contributed by atoms with Crippen LogP contribution in [0.3, 0.4) is 0 Å². The van der Waals surface area contributed by atoms with E-state index in [0.29, 0.717) is 18.5 Å². The zero-order valence-corrected chi connectivity index (χ0v) is 12.8. The highest BCUT2D eigenvalue weighted by Gasteiger charge is 2.22. The molecule has 3 heteroatoms. The number of hydrogen-bond acceptors (Lipinski definition) is 2. The fourth-order valence-electron chi connectivity index (χ4n) is 2.68. The first-order valence-electron chi connectivity index (χ1n) is 7.04. The maximum Gasteiger partial charge on any atom is 0.123 e. The summed E-state index contributed by atoms with van der Waals surface area (Å²) in [5.74, 6) is 0.472. The SMILES string of the molecule is Cc1cc(F)ccc1C(CN)N(C)C(C)CC(C)C. The summed E-state index contributed by atoms with van der Waals surface area (Å²) >= 11 is 0. The van der Waals surface area contributed by atoms with Crippen molar-refractivity contribution in [2.75, 3.05) is 13.6 Å².